The molecule has 2 heterocycles. The number of primary amides is 1. The lowest BCUT2D eigenvalue weighted by atomic mass is 10.0. The molecule has 0 radical (unpaired) electrons. The summed E-state index contributed by atoms with van der Waals surface area (Å²) in [5.74, 6) is 0. The van der Waals surface area contributed by atoms with Gasteiger partial charge in [-0.05, 0) is 6.07 Å². The summed E-state index contributed by atoms with van der Waals surface area (Å²) >= 11 is 0. The molecule has 0 aromatic carbocycles. The number of amides is 1. The van der Waals surface area contributed by atoms with E-state index < -0.39 is 35.1 Å². The van der Waals surface area contributed by atoms with Gasteiger partial charge in [-0.3, -0.25) is 15.1 Å². The first-order valence-electron chi connectivity index (χ1n) is 6.87. The van der Waals surface area contributed by atoms with E-state index in [0.29, 0.717) is 5.56 Å². The zero-order chi connectivity index (χ0) is 18.6. The van der Waals surface area contributed by atoms with E-state index in [1.807, 2.05) is 0 Å². The number of carbonyl (C=O) groups excluding carboxylic acids is 1. The van der Waals surface area contributed by atoms with Crippen LogP contribution in [0.5, 0.6) is 0 Å². The number of nitro groups is 1. The van der Waals surface area contributed by atoms with Crippen LogP contribution in [-0.2, 0) is 4.74 Å². The average Bonchev–Trinajstić information content (AvgIpc) is 2.99. The molecule has 2 N–H and O–H groups in total. The van der Waals surface area contributed by atoms with Crippen LogP contribution in [0, 0.1) is 10.1 Å². The first kappa shape index (κ1) is 18.0. The molecule has 1 amide bonds. The smallest absolute Gasteiger partial charge is 0.405 e. The highest BCUT2D eigenvalue weighted by Gasteiger charge is 2.27. The van der Waals surface area contributed by atoms with Gasteiger partial charge in [-0.15, -0.1) is 6.58 Å². The zero-order valence-corrected chi connectivity index (χ0v) is 12.7. The van der Waals surface area contributed by atoms with Gasteiger partial charge in [-0.2, -0.15) is 18.6 Å². The van der Waals surface area contributed by atoms with Crippen LogP contribution < -0.4 is 5.73 Å². The van der Waals surface area contributed by atoms with Gasteiger partial charge in [0.1, 0.15) is 12.3 Å². The third kappa shape index (κ3) is 3.94. The predicted octanol–water partition coefficient (Wildman–Crippen LogP) is 2.96. The Balaban J connectivity index is 2.55. The van der Waals surface area contributed by atoms with Gasteiger partial charge in [0, 0.05) is 29.9 Å². The lowest BCUT2D eigenvalue weighted by molar-refractivity contribution is -0.384. The van der Waals surface area contributed by atoms with E-state index in [1.165, 1.54) is 24.5 Å². The Morgan fingerprint density at radius 2 is 2.20 bits per heavy atom. The maximum Gasteiger partial charge on any atom is 0.405 e. The molecule has 0 aliphatic carbocycles. The molecule has 1 atom stereocenters. The number of carbonyl (C=O) groups is 1. The fourth-order valence-electron chi connectivity index (χ4n) is 2.22. The predicted molar refractivity (Wildman–Crippen MR) is 81.6 cm³/mol. The summed E-state index contributed by atoms with van der Waals surface area (Å²) in [6.45, 7) is 0.440. The monoisotopic (exact) mass is 353 g/mol. The minimum Gasteiger partial charge on any atom is -0.441 e. The van der Waals surface area contributed by atoms with E-state index in [4.69, 9.17) is 10.5 Å². The van der Waals surface area contributed by atoms with E-state index in [0.717, 1.165) is 6.20 Å². The van der Waals surface area contributed by atoms with Crippen molar-refractivity contribution in [2.24, 2.45) is 5.73 Å². The maximum atomic E-state index is 13.1. The molecule has 0 saturated heterocycles. The number of halogens is 2. The first-order chi connectivity index (χ1) is 11.8. The van der Waals surface area contributed by atoms with Gasteiger partial charge in [0.15, 0.2) is 5.69 Å². The van der Waals surface area contributed by atoms with Gasteiger partial charge in [0.05, 0.1) is 4.92 Å². The Morgan fingerprint density at radius 3 is 2.76 bits per heavy atom. The first-order valence-corrected chi connectivity index (χ1v) is 6.87. The molecule has 25 heavy (non-hydrogen) atoms. The zero-order valence-electron chi connectivity index (χ0n) is 12.7. The van der Waals surface area contributed by atoms with Gasteiger partial charge in [0.25, 0.3) is 0 Å². The number of nitrogens with two attached hydrogens (primary N) is 1. The summed E-state index contributed by atoms with van der Waals surface area (Å²) in [7, 11) is 0. The number of hydrogen-bond acceptors (Lipinski definition) is 6. The molecule has 2 aromatic rings. The Hall–Kier alpha value is -3.37. The molecule has 0 saturated carbocycles. The summed E-state index contributed by atoms with van der Waals surface area (Å²) in [5, 5.41) is 14.4. The summed E-state index contributed by atoms with van der Waals surface area (Å²) in [4.78, 5) is 25.1. The largest absolute Gasteiger partial charge is 0.441 e. The molecule has 0 spiro atoms. The van der Waals surface area contributed by atoms with Crippen molar-refractivity contribution in [3.8, 4) is 11.3 Å². The van der Waals surface area contributed by atoms with Crippen LogP contribution in [0.4, 0.5) is 19.3 Å². The molecule has 2 aromatic heterocycles. The second-order valence-corrected chi connectivity index (χ2v) is 4.81. The molecule has 0 fully saturated rings. The Labute approximate surface area is 139 Å². The van der Waals surface area contributed by atoms with Crippen LogP contribution in [0.25, 0.3) is 11.3 Å². The second kappa shape index (κ2) is 7.47. The SMILES string of the molecule is C=CC[C@H](OC(N)=O)c1cncc(-c2c([N+](=O)[O-])cnn2C(F)F)c1. The van der Waals surface area contributed by atoms with E-state index >= 15 is 0 Å². The van der Waals surface area contributed by atoms with E-state index in [-0.39, 0.29) is 16.7 Å². The molecule has 0 unspecified atom stereocenters. The normalized spacial score (nSPS) is 12.0. The molecule has 0 bridgehead atoms. The van der Waals surface area contributed by atoms with Crippen LogP contribution in [0.3, 0.4) is 0 Å². The quantitative estimate of drug-likeness (QED) is 0.463. The number of ether oxygens (including phenoxy) is 1. The highest BCUT2D eigenvalue weighted by atomic mass is 19.3. The number of rotatable bonds is 7. The van der Waals surface area contributed by atoms with Crippen LogP contribution in [0.1, 0.15) is 24.6 Å². The second-order valence-electron chi connectivity index (χ2n) is 4.81. The summed E-state index contributed by atoms with van der Waals surface area (Å²) in [5.41, 5.74) is 4.32. The van der Waals surface area contributed by atoms with Crippen molar-refractivity contribution in [2.45, 2.75) is 19.1 Å². The standard InChI is InChI=1S/C14H13F2N5O4/c1-2-3-11(25-14(17)22)8-4-9(6-18-5-8)12-10(21(23)24)7-19-20(12)13(15)16/h2,4-7,11,13H,1,3H2,(H2,17,22)/t11-/m0/s1. The van der Waals surface area contributed by atoms with Crippen molar-refractivity contribution in [1.82, 2.24) is 14.8 Å². The fourth-order valence-corrected chi connectivity index (χ4v) is 2.22. The lowest BCUT2D eigenvalue weighted by Gasteiger charge is -2.16. The van der Waals surface area contributed by atoms with Crippen LogP contribution in [0.2, 0.25) is 0 Å². The summed E-state index contributed by atoms with van der Waals surface area (Å²) < 4.78 is 31.3. The van der Waals surface area contributed by atoms with Crippen LogP contribution >= 0.6 is 0 Å². The van der Waals surface area contributed by atoms with E-state index in [9.17, 15) is 23.7 Å². The van der Waals surface area contributed by atoms with E-state index in [2.05, 4.69) is 16.7 Å². The van der Waals surface area contributed by atoms with Crippen LogP contribution in [0.15, 0.2) is 37.3 Å². The molecular formula is C14H13F2N5O4. The van der Waals surface area contributed by atoms with Gasteiger partial charge < -0.3 is 10.5 Å². The van der Waals surface area contributed by atoms with Crippen molar-refractivity contribution >= 4 is 11.8 Å². The number of hydrogen-bond donors (Lipinski definition) is 1. The molecule has 11 heteroatoms. The number of aromatic nitrogens is 3. The highest BCUT2D eigenvalue weighted by molar-refractivity contribution is 5.70. The molecule has 0 aliphatic heterocycles. The van der Waals surface area contributed by atoms with Gasteiger partial charge in [-0.25, -0.2) is 4.79 Å². The van der Waals surface area contributed by atoms with Gasteiger partial charge in [0.2, 0.25) is 0 Å². The molecule has 2 rings (SSSR count). The molecule has 0 aliphatic rings. The van der Waals surface area contributed by atoms with Crippen molar-refractivity contribution in [3.05, 3.63) is 53.0 Å². The summed E-state index contributed by atoms with van der Waals surface area (Å²) in [6.07, 6.45) is 2.98. The van der Waals surface area contributed by atoms with Crippen molar-refractivity contribution in [1.29, 1.82) is 0 Å². The lowest BCUT2D eigenvalue weighted by Crippen LogP contribution is -2.17. The van der Waals surface area contributed by atoms with Crippen LogP contribution in [-0.4, -0.2) is 25.8 Å². The number of pyridine rings is 1. The van der Waals surface area contributed by atoms with Crippen molar-refractivity contribution in [3.63, 3.8) is 0 Å². The van der Waals surface area contributed by atoms with E-state index in [1.54, 1.807) is 0 Å². The molecule has 132 valence electrons. The van der Waals surface area contributed by atoms with Crippen molar-refractivity contribution in [2.75, 3.05) is 0 Å². The Bertz CT molecular complexity index is 808. The highest BCUT2D eigenvalue weighted by Crippen LogP contribution is 2.34. The topological polar surface area (TPSA) is 126 Å². The van der Waals surface area contributed by atoms with Gasteiger partial charge in [-0.1, -0.05) is 6.08 Å². The molecular weight excluding hydrogens is 340 g/mol. The van der Waals surface area contributed by atoms with Crippen molar-refractivity contribution < 1.29 is 23.2 Å². The third-order valence-electron chi connectivity index (χ3n) is 3.20. The number of nitrogens with zero attached hydrogens (tertiary/aromatic N) is 4. The Kier molecular flexibility index (Phi) is 5.37. The number of alkyl halides is 2. The average molecular weight is 353 g/mol. The molecule has 9 nitrogen and oxygen atoms in total. The Morgan fingerprint density at radius 1 is 1.48 bits per heavy atom. The minimum atomic E-state index is -3.09. The minimum absolute atomic E-state index is 0.0177. The summed E-state index contributed by atoms with van der Waals surface area (Å²) in [6, 6.07) is 1.34. The third-order valence-corrected chi connectivity index (χ3v) is 3.20. The maximum absolute atomic E-state index is 13.1. The van der Waals surface area contributed by atoms with Gasteiger partial charge >= 0.3 is 18.3 Å². The fraction of sp³-hybridized carbons (Fsp3) is 0.214.